The van der Waals surface area contributed by atoms with Gasteiger partial charge in [0, 0.05) is 24.1 Å². The van der Waals surface area contributed by atoms with Gasteiger partial charge in [0.25, 0.3) is 10.0 Å². The maximum absolute atomic E-state index is 12.8. The van der Waals surface area contributed by atoms with Crippen LogP contribution in [0.15, 0.2) is 71.9 Å². The molecule has 4 rings (SSSR count). The lowest BCUT2D eigenvalue weighted by molar-refractivity contribution is 0.402. The molecule has 9 nitrogen and oxygen atoms in total. The number of aryl methyl sites for hydroxylation is 2. The molecule has 0 saturated carbocycles. The van der Waals surface area contributed by atoms with Gasteiger partial charge >= 0.3 is 0 Å². The van der Waals surface area contributed by atoms with E-state index in [0.717, 1.165) is 11.4 Å². The number of sulfonamides is 1. The van der Waals surface area contributed by atoms with Crippen LogP contribution >= 0.6 is 0 Å². The van der Waals surface area contributed by atoms with Crippen molar-refractivity contribution in [2.75, 3.05) is 11.8 Å². The zero-order valence-corrected chi connectivity index (χ0v) is 18.5. The van der Waals surface area contributed by atoms with E-state index in [0.29, 0.717) is 23.1 Å². The first kappa shape index (κ1) is 21.3. The molecule has 2 heterocycles. The fourth-order valence-corrected chi connectivity index (χ4v) is 4.35. The molecule has 0 spiro atoms. The Hall–Kier alpha value is -3.92. The maximum atomic E-state index is 12.8. The Bertz CT molecular complexity index is 1330. The molecule has 4 aromatic rings. The summed E-state index contributed by atoms with van der Waals surface area (Å²) in [6.07, 6.45) is 3.48. The van der Waals surface area contributed by atoms with E-state index in [1.165, 1.54) is 7.11 Å². The van der Waals surface area contributed by atoms with Gasteiger partial charge in [0.05, 0.1) is 7.11 Å². The standard InChI is InChI=1S/C22H21N5O4S/c1-15-4-9-19(30-3)20(14-15)32(28,29)26-17-5-7-18(8-6-17)31-22-11-10-21(24-25-22)27-13-12-23-16(27)2/h4-14,26H,1-3H3. The van der Waals surface area contributed by atoms with Gasteiger partial charge in [-0.3, -0.25) is 9.29 Å². The van der Waals surface area contributed by atoms with Gasteiger partial charge in [0.15, 0.2) is 5.82 Å². The number of aromatic nitrogens is 4. The van der Waals surface area contributed by atoms with Gasteiger partial charge in [0.2, 0.25) is 5.88 Å². The molecule has 0 unspecified atom stereocenters. The fraction of sp³-hybridized carbons (Fsp3) is 0.136. The summed E-state index contributed by atoms with van der Waals surface area (Å²) in [5.41, 5.74) is 1.20. The third-order valence-corrected chi connectivity index (χ3v) is 6.04. The van der Waals surface area contributed by atoms with Crippen molar-refractivity contribution in [3.8, 4) is 23.2 Å². The van der Waals surface area contributed by atoms with E-state index in [1.54, 1.807) is 71.6 Å². The van der Waals surface area contributed by atoms with E-state index in [9.17, 15) is 8.42 Å². The second kappa shape index (κ2) is 8.67. The van der Waals surface area contributed by atoms with Gasteiger partial charge in [-0.2, -0.15) is 0 Å². The second-order valence-electron chi connectivity index (χ2n) is 6.96. The minimum atomic E-state index is -3.83. The van der Waals surface area contributed by atoms with Crippen LogP contribution in [-0.2, 0) is 10.0 Å². The number of ether oxygens (including phenoxy) is 2. The number of imidazole rings is 1. The molecule has 0 atom stereocenters. The number of hydrogen-bond donors (Lipinski definition) is 1. The molecule has 0 fully saturated rings. The van der Waals surface area contributed by atoms with Crippen molar-refractivity contribution >= 4 is 15.7 Å². The highest BCUT2D eigenvalue weighted by atomic mass is 32.2. The maximum Gasteiger partial charge on any atom is 0.265 e. The summed E-state index contributed by atoms with van der Waals surface area (Å²) in [6, 6.07) is 14.9. The van der Waals surface area contributed by atoms with E-state index in [2.05, 4.69) is 19.9 Å². The number of hydrogen-bond acceptors (Lipinski definition) is 7. The number of methoxy groups -OCH3 is 1. The number of nitrogens with one attached hydrogen (secondary N) is 1. The van der Waals surface area contributed by atoms with E-state index < -0.39 is 10.0 Å². The van der Waals surface area contributed by atoms with Crippen LogP contribution in [0.1, 0.15) is 11.4 Å². The van der Waals surface area contributed by atoms with Gasteiger partial charge in [-0.25, -0.2) is 13.4 Å². The zero-order valence-electron chi connectivity index (χ0n) is 17.7. The molecule has 0 radical (unpaired) electrons. The van der Waals surface area contributed by atoms with Crippen molar-refractivity contribution in [1.82, 2.24) is 19.7 Å². The predicted octanol–water partition coefficient (Wildman–Crippen LogP) is 3.88. The second-order valence-corrected chi connectivity index (χ2v) is 8.61. The summed E-state index contributed by atoms with van der Waals surface area (Å²) in [4.78, 5) is 4.23. The molecule has 0 aliphatic heterocycles. The highest BCUT2D eigenvalue weighted by molar-refractivity contribution is 7.92. The molecule has 0 aliphatic rings. The Balaban J connectivity index is 1.47. The van der Waals surface area contributed by atoms with Crippen molar-refractivity contribution in [3.05, 3.63) is 78.4 Å². The molecule has 10 heteroatoms. The van der Waals surface area contributed by atoms with Crippen LogP contribution in [0, 0.1) is 13.8 Å². The largest absolute Gasteiger partial charge is 0.495 e. The van der Waals surface area contributed by atoms with E-state index in [1.807, 2.05) is 13.8 Å². The Kier molecular flexibility index (Phi) is 5.78. The summed E-state index contributed by atoms with van der Waals surface area (Å²) in [5, 5.41) is 8.22. The first-order chi connectivity index (χ1) is 15.4. The molecule has 0 aliphatic carbocycles. The number of nitrogens with zero attached hydrogens (tertiary/aromatic N) is 4. The Morgan fingerprint density at radius 2 is 1.75 bits per heavy atom. The summed E-state index contributed by atoms with van der Waals surface area (Å²) in [5.74, 6) is 2.50. The first-order valence-electron chi connectivity index (χ1n) is 9.65. The smallest absolute Gasteiger partial charge is 0.265 e. The average molecular weight is 452 g/mol. The van der Waals surface area contributed by atoms with Crippen molar-refractivity contribution in [3.63, 3.8) is 0 Å². The summed E-state index contributed by atoms with van der Waals surface area (Å²) in [7, 11) is -2.39. The SMILES string of the molecule is COc1ccc(C)cc1S(=O)(=O)Nc1ccc(Oc2ccc(-n3ccnc3C)nn2)cc1. The Labute approximate surface area is 185 Å². The van der Waals surface area contributed by atoms with Gasteiger partial charge in [-0.1, -0.05) is 6.07 Å². The molecular weight excluding hydrogens is 430 g/mol. The molecule has 1 N–H and O–H groups in total. The van der Waals surface area contributed by atoms with Gasteiger partial charge in [-0.05, 0) is 61.9 Å². The molecule has 32 heavy (non-hydrogen) atoms. The van der Waals surface area contributed by atoms with Crippen LogP contribution in [0.4, 0.5) is 5.69 Å². The van der Waals surface area contributed by atoms with Crippen molar-refractivity contribution < 1.29 is 17.9 Å². The minimum absolute atomic E-state index is 0.0730. The fourth-order valence-electron chi connectivity index (χ4n) is 3.03. The number of benzene rings is 2. The summed E-state index contributed by atoms with van der Waals surface area (Å²) >= 11 is 0. The third kappa shape index (κ3) is 4.54. The van der Waals surface area contributed by atoms with Crippen molar-refractivity contribution in [2.45, 2.75) is 18.7 Å². The monoisotopic (exact) mass is 451 g/mol. The van der Waals surface area contributed by atoms with Crippen LogP contribution in [-0.4, -0.2) is 35.3 Å². The van der Waals surface area contributed by atoms with Crippen LogP contribution in [0.25, 0.3) is 5.82 Å². The molecule has 2 aromatic carbocycles. The summed E-state index contributed by atoms with van der Waals surface area (Å²) in [6.45, 7) is 3.69. The molecule has 164 valence electrons. The van der Waals surface area contributed by atoms with Crippen molar-refractivity contribution in [1.29, 1.82) is 0 Å². The van der Waals surface area contributed by atoms with E-state index in [-0.39, 0.29) is 10.6 Å². The molecule has 0 saturated heterocycles. The van der Waals surface area contributed by atoms with Gasteiger partial charge in [-0.15, -0.1) is 10.2 Å². The lowest BCUT2D eigenvalue weighted by Crippen LogP contribution is -2.14. The van der Waals surface area contributed by atoms with Gasteiger partial charge in [0.1, 0.15) is 22.2 Å². The Morgan fingerprint density at radius 3 is 2.38 bits per heavy atom. The third-order valence-electron chi connectivity index (χ3n) is 4.64. The first-order valence-corrected chi connectivity index (χ1v) is 11.1. The minimum Gasteiger partial charge on any atom is -0.495 e. The molecule has 2 aromatic heterocycles. The topological polar surface area (TPSA) is 108 Å². The number of anilines is 1. The van der Waals surface area contributed by atoms with Crippen LogP contribution in [0.2, 0.25) is 0 Å². The van der Waals surface area contributed by atoms with E-state index >= 15 is 0 Å². The van der Waals surface area contributed by atoms with Crippen LogP contribution in [0.3, 0.4) is 0 Å². The zero-order chi connectivity index (χ0) is 22.7. The van der Waals surface area contributed by atoms with Gasteiger partial charge < -0.3 is 9.47 Å². The Morgan fingerprint density at radius 1 is 0.969 bits per heavy atom. The lowest BCUT2D eigenvalue weighted by atomic mass is 10.2. The lowest BCUT2D eigenvalue weighted by Gasteiger charge is -2.13. The normalized spacial score (nSPS) is 11.2. The van der Waals surface area contributed by atoms with Crippen LogP contribution < -0.4 is 14.2 Å². The molecule has 0 amide bonds. The number of rotatable bonds is 7. The summed E-state index contributed by atoms with van der Waals surface area (Å²) < 4.78 is 40.9. The molecule has 0 bridgehead atoms. The quantitative estimate of drug-likeness (QED) is 0.454. The average Bonchev–Trinajstić information content (AvgIpc) is 3.21. The van der Waals surface area contributed by atoms with E-state index in [4.69, 9.17) is 9.47 Å². The highest BCUT2D eigenvalue weighted by Gasteiger charge is 2.20. The molecular formula is C22H21N5O4S. The van der Waals surface area contributed by atoms with Crippen LogP contribution in [0.5, 0.6) is 17.4 Å². The van der Waals surface area contributed by atoms with Crippen molar-refractivity contribution in [2.24, 2.45) is 0 Å². The predicted molar refractivity (Wildman–Crippen MR) is 119 cm³/mol. The highest BCUT2D eigenvalue weighted by Crippen LogP contribution is 2.28.